The molecule has 6 nitrogen and oxygen atoms in total. The number of alkyl halides is 3. The van der Waals surface area contributed by atoms with Crippen molar-refractivity contribution in [1.29, 1.82) is 0 Å². The fraction of sp³-hybridized carbons (Fsp3) is 0.519. The summed E-state index contributed by atoms with van der Waals surface area (Å²) in [5, 5.41) is 0.726. The summed E-state index contributed by atoms with van der Waals surface area (Å²) in [4.78, 5) is 15.5. The first kappa shape index (κ1) is 28.9. The molecular weight excluding hydrogens is 507 g/mol. The van der Waals surface area contributed by atoms with Gasteiger partial charge in [0, 0.05) is 23.8 Å². The average Bonchev–Trinajstić information content (AvgIpc) is 3.56. The van der Waals surface area contributed by atoms with Crippen LogP contribution in [0.4, 0.5) is 18.9 Å². The molecule has 0 spiro atoms. The predicted octanol–water partition coefficient (Wildman–Crippen LogP) is 5.40. The number of carbonyl (C=O) groups is 1. The van der Waals surface area contributed by atoms with Gasteiger partial charge in [0.15, 0.2) is 11.5 Å². The van der Waals surface area contributed by atoms with Gasteiger partial charge < -0.3 is 25.0 Å². The quantitative estimate of drug-likeness (QED) is 0.484. The van der Waals surface area contributed by atoms with Gasteiger partial charge >= 0.3 is 6.18 Å². The van der Waals surface area contributed by atoms with E-state index in [0.29, 0.717) is 12.0 Å². The number of nitrogens with two attached hydrogens (primary N) is 1. The number of methoxy groups -OCH3 is 2. The van der Waals surface area contributed by atoms with E-state index in [0.717, 1.165) is 56.3 Å². The van der Waals surface area contributed by atoms with Crippen molar-refractivity contribution in [3.63, 3.8) is 0 Å². The number of primary amides is 1. The van der Waals surface area contributed by atoms with Gasteiger partial charge in [0.1, 0.15) is 5.56 Å². The Morgan fingerprint density at radius 1 is 1.08 bits per heavy atom. The normalized spacial score (nSPS) is 17.9. The van der Waals surface area contributed by atoms with Crippen LogP contribution in [0.5, 0.6) is 11.5 Å². The first-order chi connectivity index (χ1) is 17.6. The number of halogens is 4. The Labute approximate surface area is 221 Å². The summed E-state index contributed by atoms with van der Waals surface area (Å²) in [5.41, 5.74) is 6.23. The number of rotatable bonds is 8. The van der Waals surface area contributed by atoms with Gasteiger partial charge in [0.05, 0.1) is 20.1 Å². The summed E-state index contributed by atoms with van der Waals surface area (Å²) in [7, 11) is 2.58. The van der Waals surface area contributed by atoms with E-state index in [4.69, 9.17) is 26.8 Å². The molecule has 2 aliphatic heterocycles. The van der Waals surface area contributed by atoms with Gasteiger partial charge in [0.2, 0.25) is 5.91 Å². The third-order valence-corrected chi connectivity index (χ3v) is 7.02. The van der Waals surface area contributed by atoms with E-state index < -0.39 is 11.7 Å². The zero-order valence-corrected chi connectivity index (χ0v) is 22.1. The first-order valence-electron chi connectivity index (χ1n) is 12.5. The lowest BCUT2D eigenvalue weighted by Gasteiger charge is -2.18. The van der Waals surface area contributed by atoms with E-state index in [9.17, 15) is 18.0 Å². The van der Waals surface area contributed by atoms with Crippen molar-refractivity contribution in [1.82, 2.24) is 4.90 Å². The van der Waals surface area contributed by atoms with Crippen molar-refractivity contribution < 1.29 is 27.4 Å². The number of carbonyl (C=O) groups excluding carboxylic acids is 1. The van der Waals surface area contributed by atoms with Crippen LogP contribution in [-0.2, 0) is 17.4 Å². The molecule has 37 heavy (non-hydrogen) atoms. The highest BCUT2D eigenvalue weighted by Crippen LogP contribution is 2.42. The molecule has 1 atom stereocenters. The molecule has 0 bridgehead atoms. The molecule has 10 heteroatoms. The Bertz CT molecular complexity index is 1030. The van der Waals surface area contributed by atoms with E-state index in [1.165, 1.54) is 33.1 Å². The topological polar surface area (TPSA) is 68.0 Å². The van der Waals surface area contributed by atoms with Crippen LogP contribution in [0.1, 0.15) is 36.8 Å². The van der Waals surface area contributed by atoms with Crippen LogP contribution in [0, 0.1) is 5.92 Å². The summed E-state index contributed by atoms with van der Waals surface area (Å²) < 4.78 is 49.4. The molecule has 4 rings (SSSR count). The molecule has 2 heterocycles. The van der Waals surface area contributed by atoms with Crippen molar-refractivity contribution in [2.24, 2.45) is 11.7 Å². The van der Waals surface area contributed by atoms with Crippen molar-refractivity contribution >= 4 is 23.2 Å². The van der Waals surface area contributed by atoms with E-state index >= 15 is 0 Å². The predicted molar refractivity (Wildman–Crippen MR) is 140 cm³/mol. The lowest BCUT2D eigenvalue weighted by molar-refractivity contribution is -0.139. The van der Waals surface area contributed by atoms with Gasteiger partial charge in [-0.3, -0.25) is 4.79 Å². The molecule has 0 saturated carbocycles. The highest BCUT2D eigenvalue weighted by molar-refractivity contribution is 6.30. The Morgan fingerprint density at radius 3 is 2.30 bits per heavy atom. The third kappa shape index (κ3) is 8.17. The van der Waals surface area contributed by atoms with Gasteiger partial charge in [-0.1, -0.05) is 11.6 Å². The van der Waals surface area contributed by atoms with E-state index in [-0.39, 0.29) is 23.3 Å². The molecule has 0 radical (unpaired) electrons. The summed E-state index contributed by atoms with van der Waals surface area (Å²) in [6.45, 7) is 4.72. The number of likely N-dealkylation sites (tertiary alicyclic amines) is 1. The number of anilines is 1. The fourth-order valence-electron chi connectivity index (χ4n) is 4.77. The molecule has 0 aromatic heterocycles. The smallest absolute Gasteiger partial charge is 0.420 e. The minimum Gasteiger partial charge on any atom is -0.493 e. The molecule has 0 aliphatic carbocycles. The molecule has 2 N–H and O–H groups in total. The van der Waals surface area contributed by atoms with Crippen LogP contribution in [0.3, 0.4) is 0 Å². The van der Waals surface area contributed by atoms with Crippen LogP contribution in [0.15, 0.2) is 36.4 Å². The lowest BCUT2D eigenvalue weighted by atomic mass is 10.0. The number of amides is 1. The zero-order chi connectivity index (χ0) is 27.0. The Balaban J connectivity index is 0.000000220. The molecule has 2 fully saturated rings. The van der Waals surface area contributed by atoms with E-state index in [1.54, 1.807) is 6.07 Å². The maximum Gasteiger partial charge on any atom is 0.420 e. The van der Waals surface area contributed by atoms with Crippen LogP contribution in [0.2, 0.25) is 5.02 Å². The summed E-state index contributed by atoms with van der Waals surface area (Å²) in [6.07, 6.45) is 0.261. The SMILES string of the molecule is COc1cc(CCCN2CCCC2)cc(C(F)(F)F)c1OC.NC(=O)C1CCN(c2ccc(Cl)cc2)C1. The summed E-state index contributed by atoms with van der Waals surface area (Å²) in [5.74, 6) is -0.334. The standard InChI is InChI=1S/C16H22F3NO2.C11H13ClN2O/c1-21-14-11-12(6-5-9-20-7-3-4-8-20)10-13(15(14)22-2)16(17,18)19;12-9-1-3-10(4-2-9)14-6-5-8(7-14)11(13)15/h10-11H,3-9H2,1-2H3;1-4,8H,5-7H2,(H2,13,15). The zero-order valence-electron chi connectivity index (χ0n) is 21.3. The van der Waals surface area contributed by atoms with Crippen molar-refractivity contribution in [2.45, 2.75) is 38.3 Å². The largest absolute Gasteiger partial charge is 0.493 e. The number of hydrogen-bond acceptors (Lipinski definition) is 5. The number of ether oxygens (including phenoxy) is 2. The second kappa shape index (κ2) is 13.2. The minimum absolute atomic E-state index is 0.0133. The van der Waals surface area contributed by atoms with Crippen molar-refractivity contribution in [3.05, 3.63) is 52.5 Å². The van der Waals surface area contributed by atoms with Crippen LogP contribution in [-0.4, -0.2) is 57.8 Å². The minimum atomic E-state index is -4.45. The van der Waals surface area contributed by atoms with Gasteiger partial charge in [-0.25, -0.2) is 0 Å². The molecule has 1 amide bonds. The van der Waals surface area contributed by atoms with Crippen molar-refractivity contribution in [3.8, 4) is 11.5 Å². The summed E-state index contributed by atoms with van der Waals surface area (Å²) in [6, 6.07) is 10.4. The van der Waals surface area contributed by atoms with E-state index in [1.807, 2.05) is 24.3 Å². The van der Waals surface area contributed by atoms with Gasteiger partial charge in [-0.05, 0) is 93.7 Å². The number of hydrogen-bond donors (Lipinski definition) is 1. The number of nitrogens with zero attached hydrogens (tertiary/aromatic N) is 2. The molecule has 2 saturated heterocycles. The average molecular weight is 542 g/mol. The van der Waals surface area contributed by atoms with Gasteiger partial charge in [-0.2, -0.15) is 13.2 Å². The van der Waals surface area contributed by atoms with Crippen molar-refractivity contribution in [2.75, 3.05) is 51.8 Å². The third-order valence-electron chi connectivity index (χ3n) is 6.76. The Morgan fingerprint density at radius 2 is 1.76 bits per heavy atom. The first-order valence-corrected chi connectivity index (χ1v) is 12.8. The van der Waals surface area contributed by atoms with Crippen LogP contribution in [0.25, 0.3) is 0 Å². The Kier molecular flexibility index (Phi) is 10.3. The van der Waals surface area contributed by atoms with Crippen LogP contribution >= 0.6 is 11.6 Å². The van der Waals surface area contributed by atoms with E-state index in [2.05, 4.69) is 9.80 Å². The molecule has 2 aliphatic rings. The molecule has 204 valence electrons. The van der Waals surface area contributed by atoms with Gasteiger partial charge in [0.25, 0.3) is 0 Å². The number of aryl methyl sites for hydroxylation is 1. The summed E-state index contributed by atoms with van der Waals surface area (Å²) >= 11 is 5.80. The second-order valence-electron chi connectivity index (χ2n) is 9.34. The monoisotopic (exact) mass is 541 g/mol. The highest BCUT2D eigenvalue weighted by atomic mass is 35.5. The van der Waals surface area contributed by atoms with Crippen LogP contribution < -0.4 is 20.1 Å². The second-order valence-corrected chi connectivity index (χ2v) is 9.78. The molecular formula is C27H35ClF3N3O3. The molecule has 1 unspecified atom stereocenters. The molecule has 2 aromatic rings. The van der Waals surface area contributed by atoms with Gasteiger partial charge in [-0.15, -0.1) is 0 Å². The highest BCUT2D eigenvalue weighted by Gasteiger charge is 2.36. The lowest BCUT2D eigenvalue weighted by Crippen LogP contribution is -2.27. The maximum atomic E-state index is 13.2. The fourth-order valence-corrected chi connectivity index (χ4v) is 4.89. The molecule has 2 aromatic carbocycles. The number of benzene rings is 2. The Hall–Kier alpha value is -2.65. The maximum absolute atomic E-state index is 13.2.